The SMILES string of the molecule is CCOC[N+](C)(C)Cc1ccccc1.[Cl-]. The topological polar surface area (TPSA) is 9.23 Å². The van der Waals surface area contributed by atoms with E-state index in [1.807, 2.05) is 13.0 Å². The van der Waals surface area contributed by atoms with Crippen molar-refractivity contribution < 1.29 is 21.6 Å². The zero-order valence-electron chi connectivity index (χ0n) is 9.74. The van der Waals surface area contributed by atoms with E-state index in [1.165, 1.54) is 5.56 Å². The van der Waals surface area contributed by atoms with Gasteiger partial charge in [0.05, 0.1) is 14.1 Å². The maximum Gasteiger partial charge on any atom is 0.182 e. The summed E-state index contributed by atoms with van der Waals surface area (Å²) in [5, 5.41) is 0. The number of benzene rings is 1. The summed E-state index contributed by atoms with van der Waals surface area (Å²) < 4.78 is 6.32. The largest absolute Gasteiger partial charge is 1.00 e. The summed E-state index contributed by atoms with van der Waals surface area (Å²) in [5.74, 6) is 0. The lowest BCUT2D eigenvalue weighted by molar-refractivity contribution is -0.922. The minimum Gasteiger partial charge on any atom is -1.00 e. The first-order valence-electron chi connectivity index (χ1n) is 5.08. The van der Waals surface area contributed by atoms with Gasteiger partial charge < -0.3 is 21.6 Å². The van der Waals surface area contributed by atoms with Crippen LogP contribution in [0, 0.1) is 0 Å². The van der Waals surface area contributed by atoms with Gasteiger partial charge in [-0.1, -0.05) is 30.3 Å². The molecule has 0 aliphatic carbocycles. The van der Waals surface area contributed by atoms with Crippen LogP contribution in [0.4, 0.5) is 0 Å². The van der Waals surface area contributed by atoms with Crippen LogP contribution < -0.4 is 12.4 Å². The van der Waals surface area contributed by atoms with Gasteiger partial charge in [-0.3, -0.25) is 0 Å². The van der Waals surface area contributed by atoms with E-state index < -0.39 is 0 Å². The number of rotatable bonds is 5. The third kappa shape index (κ3) is 5.78. The van der Waals surface area contributed by atoms with Crippen molar-refractivity contribution in [2.75, 3.05) is 27.4 Å². The monoisotopic (exact) mass is 229 g/mol. The highest BCUT2D eigenvalue weighted by molar-refractivity contribution is 5.13. The Bertz CT molecular complexity index is 262. The fourth-order valence-electron chi connectivity index (χ4n) is 1.46. The second kappa shape index (κ2) is 6.83. The zero-order valence-corrected chi connectivity index (χ0v) is 10.5. The Labute approximate surface area is 98.9 Å². The van der Waals surface area contributed by atoms with Gasteiger partial charge in [0.2, 0.25) is 0 Å². The molecule has 1 aromatic rings. The second-order valence-electron chi connectivity index (χ2n) is 4.20. The molecule has 0 aliphatic heterocycles. The van der Waals surface area contributed by atoms with Crippen LogP contribution in [-0.4, -0.2) is 31.9 Å². The Kier molecular flexibility index (Phi) is 6.57. The average Bonchev–Trinajstić information content (AvgIpc) is 2.16. The molecule has 1 rings (SSSR count). The standard InChI is InChI=1S/C12H20NO.ClH/c1-4-14-11-13(2,3)10-12-8-6-5-7-9-12;/h5-9H,4,10-11H2,1-3H3;1H/q+1;/p-1. The Balaban J connectivity index is 0.00000196. The highest BCUT2D eigenvalue weighted by Gasteiger charge is 2.14. The van der Waals surface area contributed by atoms with Gasteiger partial charge in [0.25, 0.3) is 0 Å². The van der Waals surface area contributed by atoms with Crippen LogP contribution in [0.3, 0.4) is 0 Å². The summed E-state index contributed by atoms with van der Waals surface area (Å²) in [5.41, 5.74) is 1.36. The molecule has 0 atom stereocenters. The minimum atomic E-state index is 0. The van der Waals surface area contributed by atoms with Crippen molar-refractivity contribution in [1.29, 1.82) is 0 Å². The molecule has 0 spiro atoms. The lowest BCUT2D eigenvalue weighted by atomic mass is 10.2. The van der Waals surface area contributed by atoms with Gasteiger partial charge in [-0.2, -0.15) is 0 Å². The van der Waals surface area contributed by atoms with Gasteiger partial charge in [0.1, 0.15) is 6.54 Å². The zero-order chi connectivity index (χ0) is 10.4. The number of halogens is 1. The minimum absolute atomic E-state index is 0. The predicted molar refractivity (Wildman–Crippen MR) is 58.7 cm³/mol. The molecule has 0 bridgehead atoms. The number of ether oxygens (including phenoxy) is 1. The average molecular weight is 230 g/mol. The molecule has 0 amide bonds. The second-order valence-corrected chi connectivity index (χ2v) is 4.20. The Morgan fingerprint density at radius 3 is 2.27 bits per heavy atom. The highest BCUT2D eigenvalue weighted by Crippen LogP contribution is 2.08. The van der Waals surface area contributed by atoms with Crippen molar-refractivity contribution in [1.82, 2.24) is 0 Å². The van der Waals surface area contributed by atoms with Crippen molar-refractivity contribution in [2.45, 2.75) is 13.5 Å². The Morgan fingerprint density at radius 1 is 1.13 bits per heavy atom. The summed E-state index contributed by atoms with van der Waals surface area (Å²) in [7, 11) is 4.37. The first kappa shape index (κ1) is 14.4. The summed E-state index contributed by atoms with van der Waals surface area (Å²) >= 11 is 0. The summed E-state index contributed by atoms with van der Waals surface area (Å²) in [6.07, 6.45) is 0. The molecular formula is C12H20ClNO. The molecule has 0 unspecified atom stereocenters. The summed E-state index contributed by atoms with van der Waals surface area (Å²) in [4.78, 5) is 0. The van der Waals surface area contributed by atoms with Crippen molar-refractivity contribution in [3.8, 4) is 0 Å². The Morgan fingerprint density at radius 2 is 1.73 bits per heavy atom. The van der Waals surface area contributed by atoms with Crippen molar-refractivity contribution in [2.24, 2.45) is 0 Å². The normalized spacial score (nSPS) is 10.9. The molecule has 86 valence electrons. The van der Waals surface area contributed by atoms with Gasteiger partial charge in [-0.05, 0) is 6.92 Å². The molecule has 0 N–H and O–H groups in total. The third-order valence-corrected chi connectivity index (χ3v) is 2.10. The van der Waals surface area contributed by atoms with Gasteiger partial charge >= 0.3 is 0 Å². The van der Waals surface area contributed by atoms with E-state index in [2.05, 4.69) is 38.4 Å². The molecular weight excluding hydrogens is 210 g/mol. The molecule has 0 saturated carbocycles. The van der Waals surface area contributed by atoms with Crippen molar-refractivity contribution in [3.05, 3.63) is 35.9 Å². The van der Waals surface area contributed by atoms with E-state index in [0.717, 1.165) is 24.4 Å². The van der Waals surface area contributed by atoms with Crippen LogP contribution in [0.1, 0.15) is 12.5 Å². The molecule has 0 saturated heterocycles. The number of quaternary nitrogens is 1. The molecule has 0 radical (unpaired) electrons. The van der Waals surface area contributed by atoms with Crippen LogP contribution in [0.5, 0.6) is 0 Å². The lowest BCUT2D eigenvalue weighted by Crippen LogP contribution is -3.00. The first-order chi connectivity index (χ1) is 6.64. The van der Waals surface area contributed by atoms with Gasteiger partial charge in [-0.15, -0.1) is 0 Å². The number of hydrogen-bond acceptors (Lipinski definition) is 1. The molecule has 0 aliphatic rings. The molecule has 15 heavy (non-hydrogen) atoms. The molecule has 3 heteroatoms. The summed E-state index contributed by atoms with van der Waals surface area (Å²) in [6, 6.07) is 10.5. The van der Waals surface area contributed by atoms with E-state index in [-0.39, 0.29) is 12.4 Å². The third-order valence-electron chi connectivity index (χ3n) is 2.10. The van der Waals surface area contributed by atoms with Crippen LogP contribution in [0.2, 0.25) is 0 Å². The van der Waals surface area contributed by atoms with Gasteiger partial charge in [-0.25, -0.2) is 0 Å². The van der Waals surface area contributed by atoms with Crippen LogP contribution in [0.25, 0.3) is 0 Å². The fraction of sp³-hybridized carbons (Fsp3) is 0.500. The fourth-order valence-corrected chi connectivity index (χ4v) is 1.46. The quantitative estimate of drug-likeness (QED) is 0.478. The van der Waals surface area contributed by atoms with Crippen molar-refractivity contribution in [3.63, 3.8) is 0 Å². The van der Waals surface area contributed by atoms with Crippen LogP contribution in [-0.2, 0) is 11.3 Å². The first-order valence-corrected chi connectivity index (χ1v) is 5.08. The smallest absolute Gasteiger partial charge is 0.182 e. The van der Waals surface area contributed by atoms with E-state index >= 15 is 0 Å². The van der Waals surface area contributed by atoms with Crippen LogP contribution >= 0.6 is 0 Å². The summed E-state index contributed by atoms with van der Waals surface area (Å²) in [6.45, 7) is 4.60. The maximum atomic E-state index is 5.44. The Hall–Kier alpha value is -0.570. The number of nitrogens with zero attached hydrogens (tertiary/aromatic N) is 1. The van der Waals surface area contributed by atoms with E-state index in [4.69, 9.17) is 4.74 Å². The lowest BCUT2D eigenvalue weighted by Gasteiger charge is -2.29. The molecule has 1 aromatic carbocycles. The predicted octanol–water partition coefficient (Wildman–Crippen LogP) is -0.739. The van der Waals surface area contributed by atoms with E-state index in [1.54, 1.807) is 0 Å². The molecule has 0 fully saturated rings. The van der Waals surface area contributed by atoms with Gasteiger partial charge in [0.15, 0.2) is 6.73 Å². The molecule has 0 aromatic heterocycles. The van der Waals surface area contributed by atoms with Crippen LogP contribution in [0.15, 0.2) is 30.3 Å². The number of hydrogen-bond donors (Lipinski definition) is 0. The molecule has 2 nitrogen and oxygen atoms in total. The van der Waals surface area contributed by atoms with E-state index in [9.17, 15) is 0 Å². The molecule has 0 heterocycles. The van der Waals surface area contributed by atoms with Gasteiger partial charge in [0, 0.05) is 12.2 Å². The highest BCUT2D eigenvalue weighted by atomic mass is 35.5. The van der Waals surface area contributed by atoms with Crippen molar-refractivity contribution >= 4 is 0 Å². The van der Waals surface area contributed by atoms with E-state index in [0.29, 0.717) is 0 Å². The maximum absolute atomic E-state index is 5.44.